The Morgan fingerprint density at radius 1 is 1.13 bits per heavy atom. The summed E-state index contributed by atoms with van der Waals surface area (Å²) in [6, 6.07) is 10.5. The van der Waals surface area contributed by atoms with Crippen molar-refractivity contribution < 1.29 is 27.5 Å². The number of amides is 1. The highest BCUT2D eigenvalue weighted by Crippen LogP contribution is 2.30. The maximum absolute atomic E-state index is 12.9. The lowest BCUT2D eigenvalue weighted by molar-refractivity contribution is -0.119. The average molecular weight is 453 g/mol. The van der Waals surface area contributed by atoms with Crippen molar-refractivity contribution in [3.8, 4) is 5.75 Å². The second kappa shape index (κ2) is 9.46. The number of carbonyl (C=O) groups is 2. The number of carbonyl (C=O) groups excluding carboxylic acids is 2. The number of esters is 1. The van der Waals surface area contributed by atoms with E-state index in [2.05, 4.69) is 5.32 Å². The molecule has 30 heavy (non-hydrogen) atoms. The van der Waals surface area contributed by atoms with Gasteiger partial charge in [-0.1, -0.05) is 17.7 Å². The van der Waals surface area contributed by atoms with Gasteiger partial charge < -0.3 is 14.8 Å². The third kappa shape index (κ3) is 5.10. The van der Waals surface area contributed by atoms with Gasteiger partial charge in [-0.05, 0) is 49.2 Å². The first-order chi connectivity index (χ1) is 14.3. The zero-order valence-electron chi connectivity index (χ0n) is 16.3. The molecule has 160 valence electrons. The summed E-state index contributed by atoms with van der Waals surface area (Å²) in [4.78, 5) is 24.3. The molecule has 1 fully saturated rings. The highest BCUT2D eigenvalue weighted by molar-refractivity contribution is 7.89. The highest BCUT2D eigenvalue weighted by Gasteiger charge is 2.31. The van der Waals surface area contributed by atoms with Crippen molar-refractivity contribution in [1.29, 1.82) is 0 Å². The molecule has 1 heterocycles. The first-order valence-corrected chi connectivity index (χ1v) is 11.0. The fourth-order valence-electron chi connectivity index (χ4n) is 3.05. The van der Waals surface area contributed by atoms with Gasteiger partial charge in [0.05, 0.1) is 12.7 Å². The lowest BCUT2D eigenvalue weighted by Crippen LogP contribution is -2.28. The molecule has 1 amide bonds. The van der Waals surface area contributed by atoms with Crippen LogP contribution >= 0.6 is 11.6 Å². The third-order valence-electron chi connectivity index (χ3n) is 4.52. The minimum atomic E-state index is -3.80. The van der Waals surface area contributed by atoms with Gasteiger partial charge in [0.25, 0.3) is 5.91 Å². The first-order valence-electron chi connectivity index (χ1n) is 9.22. The van der Waals surface area contributed by atoms with Crippen LogP contribution in [0, 0.1) is 0 Å². The highest BCUT2D eigenvalue weighted by atomic mass is 35.5. The quantitative estimate of drug-likeness (QED) is 0.648. The van der Waals surface area contributed by atoms with Gasteiger partial charge >= 0.3 is 5.97 Å². The number of anilines is 1. The SMILES string of the molecule is COc1ccc(C(=O)OCC(=O)Nc2cccc(Cl)c2)cc1S(=O)(=O)N1CCCC1. The van der Waals surface area contributed by atoms with Crippen molar-refractivity contribution >= 4 is 39.2 Å². The Hall–Kier alpha value is -2.62. The summed E-state index contributed by atoms with van der Waals surface area (Å²) >= 11 is 5.86. The van der Waals surface area contributed by atoms with E-state index in [9.17, 15) is 18.0 Å². The lowest BCUT2D eigenvalue weighted by Gasteiger charge is -2.18. The Labute approximate surface area is 179 Å². The van der Waals surface area contributed by atoms with Crippen LogP contribution in [0.2, 0.25) is 5.02 Å². The van der Waals surface area contributed by atoms with Crippen molar-refractivity contribution in [1.82, 2.24) is 4.31 Å². The molecule has 1 N–H and O–H groups in total. The van der Waals surface area contributed by atoms with Crippen LogP contribution in [-0.4, -0.2) is 51.4 Å². The number of hydrogen-bond donors (Lipinski definition) is 1. The fraction of sp³-hybridized carbons (Fsp3) is 0.300. The van der Waals surface area contributed by atoms with E-state index in [0.717, 1.165) is 12.8 Å². The number of hydrogen-bond acceptors (Lipinski definition) is 6. The number of nitrogens with zero attached hydrogens (tertiary/aromatic N) is 1. The second-order valence-electron chi connectivity index (χ2n) is 6.61. The Bertz CT molecular complexity index is 1050. The summed E-state index contributed by atoms with van der Waals surface area (Å²) < 4.78 is 37.4. The summed E-state index contributed by atoms with van der Waals surface area (Å²) in [7, 11) is -2.45. The Morgan fingerprint density at radius 3 is 2.53 bits per heavy atom. The largest absolute Gasteiger partial charge is 0.495 e. The predicted molar refractivity (Wildman–Crippen MR) is 111 cm³/mol. The molecule has 0 aromatic heterocycles. The number of sulfonamides is 1. The van der Waals surface area contributed by atoms with Gasteiger partial charge in [-0.2, -0.15) is 4.31 Å². The molecule has 1 saturated heterocycles. The van der Waals surface area contributed by atoms with Gasteiger partial charge in [-0.25, -0.2) is 13.2 Å². The Balaban J connectivity index is 1.70. The van der Waals surface area contributed by atoms with Gasteiger partial charge in [-0.15, -0.1) is 0 Å². The van der Waals surface area contributed by atoms with Crippen LogP contribution in [0.5, 0.6) is 5.75 Å². The van der Waals surface area contributed by atoms with Crippen LogP contribution in [0.4, 0.5) is 5.69 Å². The van der Waals surface area contributed by atoms with Crippen LogP contribution in [0.1, 0.15) is 23.2 Å². The number of benzene rings is 2. The van der Waals surface area contributed by atoms with Gasteiger partial charge in [0.2, 0.25) is 10.0 Å². The van der Waals surface area contributed by atoms with Crippen LogP contribution in [-0.2, 0) is 19.6 Å². The molecular formula is C20H21ClN2O6S. The maximum Gasteiger partial charge on any atom is 0.338 e. The Morgan fingerprint density at radius 2 is 1.87 bits per heavy atom. The Kier molecular flexibility index (Phi) is 6.96. The first kappa shape index (κ1) is 22.1. The number of nitrogens with one attached hydrogen (secondary N) is 1. The molecule has 0 radical (unpaired) electrons. The summed E-state index contributed by atoms with van der Waals surface area (Å²) in [6.07, 6.45) is 1.57. The monoisotopic (exact) mass is 452 g/mol. The number of methoxy groups -OCH3 is 1. The third-order valence-corrected chi connectivity index (χ3v) is 6.68. The molecule has 0 aliphatic carbocycles. The second-order valence-corrected chi connectivity index (χ2v) is 8.95. The molecule has 1 aliphatic rings. The van der Waals surface area contributed by atoms with Crippen LogP contribution in [0.15, 0.2) is 47.4 Å². The molecule has 10 heteroatoms. The summed E-state index contributed by atoms with van der Waals surface area (Å²) in [5, 5.41) is 3.01. The van der Waals surface area contributed by atoms with Crippen LogP contribution in [0.25, 0.3) is 0 Å². The van der Waals surface area contributed by atoms with E-state index in [-0.39, 0.29) is 16.2 Å². The van der Waals surface area contributed by atoms with Crippen molar-refractivity contribution in [2.24, 2.45) is 0 Å². The average Bonchev–Trinajstić information content (AvgIpc) is 3.27. The molecule has 3 rings (SSSR count). The van der Waals surface area contributed by atoms with Crippen molar-refractivity contribution in [2.75, 3.05) is 32.1 Å². The summed E-state index contributed by atoms with van der Waals surface area (Å²) in [6.45, 7) is 0.305. The molecule has 8 nitrogen and oxygen atoms in total. The molecule has 0 saturated carbocycles. The number of halogens is 1. The number of rotatable bonds is 7. The zero-order chi connectivity index (χ0) is 21.7. The van der Waals surface area contributed by atoms with E-state index in [1.807, 2.05) is 0 Å². The topological polar surface area (TPSA) is 102 Å². The minimum absolute atomic E-state index is 0.00382. The van der Waals surface area contributed by atoms with E-state index in [0.29, 0.717) is 23.8 Å². The smallest absolute Gasteiger partial charge is 0.338 e. The normalized spacial score (nSPS) is 14.3. The molecule has 1 aliphatic heterocycles. The van der Waals surface area contributed by atoms with Gasteiger partial charge in [-0.3, -0.25) is 4.79 Å². The molecule has 0 bridgehead atoms. The van der Waals surface area contributed by atoms with Crippen molar-refractivity contribution in [2.45, 2.75) is 17.7 Å². The standard InChI is InChI=1S/C20H21ClN2O6S/c1-28-17-8-7-14(11-18(17)30(26,27)23-9-2-3-10-23)20(25)29-13-19(24)22-16-6-4-5-15(21)12-16/h4-8,11-12H,2-3,9-10,13H2,1H3,(H,22,24). The summed E-state index contributed by atoms with van der Waals surface area (Å²) in [5.74, 6) is -1.24. The van der Waals surface area contributed by atoms with Gasteiger partial charge in [0, 0.05) is 23.8 Å². The van der Waals surface area contributed by atoms with E-state index in [1.165, 1.54) is 29.6 Å². The van der Waals surface area contributed by atoms with E-state index in [4.69, 9.17) is 21.1 Å². The van der Waals surface area contributed by atoms with Crippen molar-refractivity contribution in [3.63, 3.8) is 0 Å². The molecule has 2 aromatic carbocycles. The van der Waals surface area contributed by atoms with Gasteiger partial charge in [0.1, 0.15) is 10.6 Å². The van der Waals surface area contributed by atoms with E-state index < -0.39 is 28.5 Å². The molecular weight excluding hydrogens is 432 g/mol. The zero-order valence-corrected chi connectivity index (χ0v) is 17.8. The molecule has 2 aromatic rings. The van der Waals surface area contributed by atoms with Crippen LogP contribution in [0.3, 0.4) is 0 Å². The minimum Gasteiger partial charge on any atom is -0.495 e. The summed E-state index contributed by atoms with van der Waals surface area (Å²) in [5.41, 5.74) is 0.469. The van der Waals surface area contributed by atoms with E-state index >= 15 is 0 Å². The van der Waals surface area contributed by atoms with E-state index in [1.54, 1.807) is 24.3 Å². The maximum atomic E-state index is 12.9. The predicted octanol–water partition coefficient (Wildman–Crippen LogP) is 2.93. The van der Waals surface area contributed by atoms with Crippen LogP contribution < -0.4 is 10.1 Å². The van der Waals surface area contributed by atoms with Crippen molar-refractivity contribution in [3.05, 3.63) is 53.1 Å². The molecule has 0 atom stereocenters. The fourth-order valence-corrected chi connectivity index (χ4v) is 4.94. The lowest BCUT2D eigenvalue weighted by atomic mass is 10.2. The molecule has 0 unspecified atom stereocenters. The number of ether oxygens (including phenoxy) is 2. The molecule has 0 spiro atoms. The van der Waals surface area contributed by atoms with Gasteiger partial charge in [0.15, 0.2) is 6.61 Å².